The molecule has 1 aromatic heterocycles. The number of pyridine rings is 1. The van der Waals surface area contributed by atoms with E-state index in [0.717, 1.165) is 51.1 Å². The highest BCUT2D eigenvalue weighted by atomic mass is 16.2. The lowest BCUT2D eigenvalue weighted by atomic mass is 9.79. The number of aromatic nitrogens is 1. The van der Waals surface area contributed by atoms with E-state index in [1.807, 2.05) is 29.2 Å². The summed E-state index contributed by atoms with van der Waals surface area (Å²) in [6, 6.07) is 13.6. The Bertz CT molecular complexity index is 843. The number of carbonyl (C=O) groups is 1. The highest BCUT2D eigenvalue weighted by molar-refractivity contribution is 5.94. The molecular weight excluding hydrogens is 336 g/mol. The van der Waals surface area contributed by atoms with Crippen molar-refractivity contribution in [2.24, 2.45) is 5.41 Å². The van der Waals surface area contributed by atoms with Crippen LogP contribution < -0.4 is 0 Å². The Labute approximate surface area is 160 Å². The zero-order valence-electron chi connectivity index (χ0n) is 15.5. The van der Waals surface area contributed by atoms with Crippen molar-refractivity contribution in [3.8, 4) is 6.07 Å². The van der Waals surface area contributed by atoms with Gasteiger partial charge in [0.15, 0.2) is 0 Å². The predicted molar refractivity (Wildman–Crippen MR) is 103 cm³/mol. The van der Waals surface area contributed by atoms with E-state index in [9.17, 15) is 4.79 Å². The zero-order valence-corrected chi connectivity index (χ0v) is 15.5. The number of likely N-dealkylation sites (tertiary alicyclic amines) is 2. The van der Waals surface area contributed by atoms with Gasteiger partial charge in [0.05, 0.1) is 11.6 Å². The molecule has 5 nitrogen and oxygen atoms in total. The van der Waals surface area contributed by atoms with E-state index in [1.165, 1.54) is 12.0 Å². The van der Waals surface area contributed by atoms with Crippen LogP contribution in [0.15, 0.2) is 48.8 Å². The van der Waals surface area contributed by atoms with Gasteiger partial charge in [-0.15, -0.1) is 0 Å². The minimum atomic E-state index is 0.127. The lowest BCUT2D eigenvalue weighted by Gasteiger charge is -2.40. The Morgan fingerprint density at radius 1 is 1.07 bits per heavy atom. The third-order valence-corrected chi connectivity index (χ3v) is 5.88. The molecule has 1 aromatic carbocycles. The molecule has 2 aromatic rings. The monoisotopic (exact) mass is 360 g/mol. The van der Waals surface area contributed by atoms with Crippen LogP contribution in [-0.4, -0.2) is 46.9 Å². The van der Waals surface area contributed by atoms with Crippen LogP contribution in [0.25, 0.3) is 0 Å². The summed E-state index contributed by atoms with van der Waals surface area (Å²) < 4.78 is 0. The summed E-state index contributed by atoms with van der Waals surface area (Å²) in [6.45, 7) is 4.70. The molecule has 2 fully saturated rings. The van der Waals surface area contributed by atoms with Crippen molar-refractivity contribution in [1.82, 2.24) is 14.8 Å². The summed E-state index contributed by atoms with van der Waals surface area (Å²) in [7, 11) is 0. The quantitative estimate of drug-likeness (QED) is 0.844. The number of hydrogen-bond donors (Lipinski definition) is 0. The molecule has 2 aliphatic heterocycles. The van der Waals surface area contributed by atoms with Crippen molar-refractivity contribution >= 4 is 5.91 Å². The number of carbonyl (C=O) groups excluding carboxylic acids is 1. The molecular formula is C22H24N4O. The average Bonchev–Trinajstić information content (AvgIpc) is 3.10. The van der Waals surface area contributed by atoms with Crippen LogP contribution in [-0.2, 0) is 6.54 Å². The Balaban J connectivity index is 1.40. The molecule has 0 bridgehead atoms. The average molecular weight is 360 g/mol. The first-order valence-corrected chi connectivity index (χ1v) is 9.58. The van der Waals surface area contributed by atoms with E-state index >= 15 is 0 Å². The minimum Gasteiger partial charge on any atom is -0.338 e. The maximum atomic E-state index is 12.8. The van der Waals surface area contributed by atoms with Crippen LogP contribution in [0.3, 0.4) is 0 Å². The van der Waals surface area contributed by atoms with Gasteiger partial charge in [0.2, 0.25) is 0 Å². The fourth-order valence-electron chi connectivity index (χ4n) is 4.50. The molecule has 5 heteroatoms. The summed E-state index contributed by atoms with van der Waals surface area (Å²) in [6.07, 6.45) is 6.77. The van der Waals surface area contributed by atoms with Crippen LogP contribution in [0.1, 0.15) is 40.7 Å². The van der Waals surface area contributed by atoms with Crippen molar-refractivity contribution < 1.29 is 4.79 Å². The molecule has 1 amide bonds. The van der Waals surface area contributed by atoms with E-state index in [2.05, 4.69) is 16.0 Å². The number of benzene rings is 1. The van der Waals surface area contributed by atoms with Crippen molar-refractivity contribution in [2.75, 3.05) is 26.2 Å². The largest absolute Gasteiger partial charge is 0.338 e. The third-order valence-electron chi connectivity index (χ3n) is 5.88. The van der Waals surface area contributed by atoms with Crippen LogP contribution >= 0.6 is 0 Å². The van der Waals surface area contributed by atoms with Crippen LogP contribution in [0.2, 0.25) is 0 Å². The maximum Gasteiger partial charge on any atom is 0.253 e. The van der Waals surface area contributed by atoms with Crippen molar-refractivity contribution in [2.45, 2.75) is 25.8 Å². The zero-order chi connectivity index (χ0) is 18.7. The smallest absolute Gasteiger partial charge is 0.253 e. The van der Waals surface area contributed by atoms with Gasteiger partial charge < -0.3 is 4.90 Å². The highest BCUT2D eigenvalue weighted by Crippen LogP contribution is 2.39. The first kappa shape index (κ1) is 17.7. The van der Waals surface area contributed by atoms with Crippen LogP contribution in [0.5, 0.6) is 0 Å². The van der Waals surface area contributed by atoms with E-state index < -0.39 is 0 Å². The number of nitriles is 1. The number of rotatable bonds is 3. The molecule has 1 spiro atoms. The molecule has 3 heterocycles. The van der Waals surface area contributed by atoms with Gasteiger partial charge in [0.1, 0.15) is 0 Å². The molecule has 0 N–H and O–H groups in total. The third kappa shape index (κ3) is 3.86. The number of hydrogen-bond acceptors (Lipinski definition) is 4. The Hall–Kier alpha value is -2.71. The van der Waals surface area contributed by atoms with E-state index in [4.69, 9.17) is 5.26 Å². The van der Waals surface area contributed by atoms with Crippen molar-refractivity contribution in [3.63, 3.8) is 0 Å². The van der Waals surface area contributed by atoms with E-state index in [0.29, 0.717) is 5.56 Å². The van der Waals surface area contributed by atoms with Gasteiger partial charge in [0.25, 0.3) is 5.91 Å². The number of amides is 1. The fourth-order valence-corrected chi connectivity index (χ4v) is 4.50. The molecule has 2 aliphatic rings. The molecule has 0 radical (unpaired) electrons. The molecule has 27 heavy (non-hydrogen) atoms. The number of piperidine rings is 1. The Kier molecular flexibility index (Phi) is 4.91. The van der Waals surface area contributed by atoms with Crippen molar-refractivity contribution in [3.05, 3.63) is 65.5 Å². The summed E-state index contributed by atoms with van der Waals surface area (Å²) >= 11 is 0. The molecule has 1 atom stereocenters. The van der Waals surface area contributed by atoms with Gasteiger partial charge >= 0.3 is 0 Å². The molecule has 0 aliphatic carbocycles. The van der Waals surface area contributed by atoms with E-state index in [-0.39, 0.29) is 11.3 Å². The first-order valence-electron chi connectivity index (χ1n) is 9.58. The summed E-state index contributed by atoms with van der Waals surface area (Å²) in [5.74, 6) is 0.127. The molecule has 2 saturated heterocycles. The second-order valence-electron chi connectivity index (χ2n) is 7.84. The second kappa shape index (κ2) is 7.50. The summed E-state index contributed by atoms with van der Waals surface area (Å²) in [5, 5.41) is 8.93. The summed E-state index contributed by atoms with van der Waals surface area (Å²) in [4.78, 5) is 21.4. The SMILES string of the molecule is N#Cc1ccc(CN2CC[C@@]3(CCCN(C(=O)c4ccncc4)C3)C2)cc1. The van der Waals surface area contributed by atoms with Gasteiger partial charge in [-0.2, -0.15) is 5.26 Å². The standard InChI is InChI=1S/C22H24N4O/c23-14-18-2-4-19(5-3-18)15-25-13-9-22(16-25)8-1-12-26(17-22)21(27)20-6-10-24-11-7-20/h2-7,10-11H,1,8-9,12-13,15-17H2/t22-/m0/s1. The van der Waals surface area contributed by atoms with Gasteiger partial charge in [-0.25, -0.2) is 0 Å². The predicted octanol–water partition coefficient (Wildman–Crippen LogP) is 3.08. The molecule has 4 rings (SSSR count). The Morgan fingerprint density at radius 3 is 2.59 bits per heavy atom. The molecule has 0 unspecified atom stereocenters. The van der Waals surface area contributed by atoms with Gasteiger partial charge in [0, 0.05) is 49.6 Å². The van der Waals surface area contributed by atoms with Gasteiger partial charge in [-0.3, -0.25) is 14.7 Å². The van der Waals surface area contributed by atoms with Crippen LogP contribution in [0.4, 0.5) is 0 Å². The first-order chi connectivity index (χ1) is 13.2. The topological polar surface area (TPSA) is 60.2 Å². The van der Waals surface area contributed by atoms with E-state index in [1.54, 1.807) is 24.5 Å². The normalized spacial score (nSPS) is 22.7. The highest BCUT2D eigenvalue weighted by Gasteiger charge is 2.42. The minimum absolute atomic E-state index is 0.127. The van der Waals surface area contributed by atoms with Crippen molar-refractivity contribution in [1.29, 1.82) is 5.26 Å². The lowest BCUT2D eigenvalue weighted by molar-refractivity contribution is 0.0526. The maximum absolute atomic E-state index is 12.8. The fraction of sp³-hybridized carbons (Fsp3) is 0.409. The van der Waals surface area contributed by atoms with Crippen LogP contribution in [0, 0.1) is 16.7 Å². The second-order valence-corrected chi connectivity index (χ2v) is 7.84. The summed E-state index contributed by atoms with van der Waals surface area (Å²) in [5.41, 5.74) is 2.89. The van der Waals surface area contributed by atoms with Gasteiger partial charge in [-0.1, -0.05) is 12.1 Å². The molecule has 0 saturated carbocycles. The number of nitrogens with zero attached hydrogens (tertiary/aromatic N) is 4. The van der Waals surface area contributed by atoms with Gasteiger partial charge in [-0.05, 0) is 55.6 Å². The lowest BCUT2D eigenvalue weighted by Crippen LogP contribution is -2.47. The Morgan fingerprint density at radius 2 is 1.85 bits per heavy atom. The molecule has 138 valence electrons.